The molecule has 1 amide bonds. The van der Waals surface area contributed by atoms with Gasteiger partial charge in [-0.15, -0.1) is 0 Å². The molecule has 6 N–H and O–H groups in total. The van der Waals surface area contributed by atoms with Crippen LogP contribution in [0.25, 0.3) is 16.9 Å². The second-order valence-electron chi connectivity index (χ2n) is 11.8. The molecule has 4 atom stereocenters. The van der Waals surface area contributed by atoms with Crippen LogP contribution >= 0.6 is 0 Å². The van der Waals surface area contributed by atoms with E-state index in [4.69, 9.17) is 10.5 Å². The van der Waals surface area contributed by atoms with E-state index in [2.05, 4.69) is 0 Å². The number of ether oxygens (including phenoxy) is 1. The van der Waals surface area contributed by atoms with Gasteiger partial charge in [0.05, 0.1) is 17.2 Å². The number of aliphatic hydroxyl groups is 3. The third-order valence-corrected chi connectivity index (χ3v) is 8.60. The van der Waals surface area contributed by atoms with Crippen molar-refractivity contribution in [3.63, 3.8) is 0 Å². The average molecular weight is 576 g/mol. The second-order valence-corrected chi connectivity index (χ2v) is 11.8. The highest BCUT2D eigenvalue weighted by atomic mass is 16.5. The van der Waals surface area contributed by atoms with E-state index in [0.29, 0.717) is 22.3 Å². The van der Waals surface area contributed by atoms with Crippen LogP contribution in [0.4, 0.5) is 0 Å². The zero-order valence-electron chi connectivity index (χ0n) is 23.7. The van der Waals surface area contributed by atoms with E-state index >= 15 is 0 Å². The minimum atomic E-state index is -2.66. The molecule has 3 aliphatic carbocycles. The van der Waals surface area contributed by atoms with Crippen molar-refractivity contribution in [3.05, 3.63) is 70.0 Å². The summed E-state index contributed by atoms with van der Waals surface area (Å²) in [6.07, 6.45) is -0.161. The van der Waals surface area contributed by atoms with Crippen molar-refractivity contribution >= 4 is 29.2 Å². The molecule has 0 aromatic heterocycles. The SMILES string of the molecule is CC(C)OC(=O)c1cccc(-c2ccc(O)c3c2C[C@H]2C[C@H]4[C@H](C(C)C)C(=O)C(C(N)=O)=C(O)[C@@]4(O)C(=O)C2=C3O)c1. The van der Waals surface area contributed by atoms with Gasteiger partial charge in [-0.3, -0.25) is 14.4 Å². The number of phenols is 1. The summed E-state index contributed by atoms with van der Waals surface area (Å²) in [5.41, 5.74) is 3.69. The highest BCUT2D eigenvalue weighted by molar-refractivity contribution is 6.23. The lowest BCUT2D eigenvalue weighted by Gasteiger charge is -2.50. The molecule has 220 valence electrons. The van der Waals surface area contributed by atoms with Crippen molar-refractivity contribution in [1.29, 1.82) is 0 Å². The normalized spacial score (nSPS) is 25.4. The topological polar surface area (TPSA) is 184 Å². The molecule has 42 heavy (non-hydrogen) atoms. The summed E-state index contributed by atoms with van der Waals surface area (Å²) in [6.45, 7) is 6.90. The van der Waals surface area contributed by atoms with Crippen molar-refractivity contribution < 1.29 is 44.3 Å². The second kappa shape index (κ2) is 10.1. The molecule has 0 bridgehead atoms. The molecule has 0 saturated heterocycles. The van der Waals surface area contributed by atoms with E-state index in [0.717, 1.165) is 0 Å². The summed E-state index contributed by atoms with van der Waals surface area (Å²) in [6, 6.07) is 9.71. The Morgan fingerprint density at radius 2 is 1.74 bits per heavy atom. The summed E-state index contributed by atoms with van der Waals surface area (Å²) in [5.74, 6) is -8.78. The van der Waals surface area contributed by atoms with Gasteiger partial charge in [-0.05, 0) is 73.4 Å². The number of carbonyl (C=O) groups is 4. The molecule has 0 heterocycles. The quantitative estimate of drug-likeness (QED) is 0.263. The molecule has 2 aromatic carbocycles. The van der Waals surface area contributed by atoms with Crippen molar-refractivity contribution in [2.45, 2.75) is 52.2 Å². The van der Waals surface area contributed by atoms with Crippen molar-refractivity contribution in [2.75, 3.05) is 0 Å². The minimum Gasteiger partial charge on any atom is -0.508 e. The zero-order valence-corrected chi connectivity index (χ0v) is 23.7. The molecular formula is C32H33NO9. The molecule has 3 aliphatic rings. The maximum Gasteiger partial charge on any atom is 0.338 e. The first-order chi connectivity index (χ1) is 19.7. The van der Waals surface area contributed by atoms with Crippen LogP contribution in [0, 0.1) is 23.7 Å². The van der Waals surface area contributed by atoms with Gasteiger partial charge in [0.1, 0.15) is 22.8 Å². The number of fused-ring (bicyclic) bond motifs is 3. The predicted molar refractivity (Wildman–Crippen MR) is 151 cm³/mol. The summed E-state index contributed by atoms with van der Waals surface area (Å²) >= 11 is 0. The van der Waals surface area contributed by atoms with Crippen LogP contribution in [0.5, 0.6) is 5.75 Å². The summed E-state index contributed by atoms with van der Waals surface area (Å²) in [5, 5.41) is 45.0. The lowest BCUT2D eigenvalue weighted by molar-refractivity contribution is -0.155. The first-order valence-corrected chi connectivity index (χ1v) is 13.8. The first kappa shape index (κ1) is 29.1. The van der Waals surface area contributed by atoms with Gasteiger partial charge in [0, 0.05) is 17.4 Å². The number of Topliss-reactive ketones (excluding diaryl/α,β-unsaturated/α-hetero) is 2. The molecule has 1 saturated carbocycles. The molecule has 10 heteroatoms. The van der Waals surface area contributed by atoms with Crippen LogP contribution in [0.1, 0.15) is 55.6 Å². The van der Waals surface area contributed by atoms with Gasteiger partial charge in [-0.25, -0.2) is 4.79 Å². The Hall–Kier alpha value is -4.44. The number of primary amides is 1. The Bertz CT molecular complexity index is 1620. The lowest BCUT2D eigenvalue weighted by Crippen LogP contribution is -2.62. The van der Waals surface area contributed by atoms with Crippen LogP contribution < -0.4 is 5.73 Å². The van der Waals surface area contributed by atoms with Gasteiger partial charge in [0.25, 0.3) is 5.91 Å². The molecule has 0 radical (unpaired) electrons. The van der Waals surface area contributed by atoms with Crippen molar-refractivity contribution in [3.8, 4) is 16.9 Å². The molecule has 1 fully saturated rings. The summed E-state index contributed by atoms with van der Waals surface area (Å²) in [7, 11) is 0. The van der Waals surface area contributed by atoms with E-state index < -0.39 is 69.8 Å². The third kappa shape index (κ3) is 4.20. The van der Waals surface area contributed by atoms with E-state index in [1.165, 1.54) is 6.07 Å². The molecule has 0 aliphatic heterocycles. The number of aromatic hydroxyl groups is 1. The number of rotatable bonds is 5. The third-order valence-electron chi connectivity index (χ3n) is 8.60. The predicted octanol–water partition coefficient (Wildman–Crippen LogP) is 3.54. The number of benzene rings is 2. The molecule has 5 rings (SSSR count). The number of aliphatic hydroxyl groups excluding tert-OH is 2. The maximum atomic E-state index is 14.0. The maximum absolute atomic E-state index is 14.0. The van der Waals surface area contributed by atoms with E-state index in [9.17, 15) is 39.6 Å². The van der Waals surface area contributed by atoms with Crippen molar-refractivity contribution in [2.24, 2.45) is 29.4 Å². The highest BCUT2D eigenvalue weighted by Gasteiger charge is 2.64. The van der Waals surface area contributed by atoms with Crippen LogP contribution in [-0.2, 0) is 25.5 Å². The largest absolute Gasteiger partial charge is 0.508 e. The minimum absolute atomic E-state index is 0.0155. The average Bonchev–Trinajstić information content (AvgIpc) is 2.90. The standard InChI is InChI=1S/C32H33NO9/c1-13(2)22-20-12-17-11-19-18(15-6-5-7-16(10-15)31(40)42-14(3)4)8-9-21(34)24(19)27(36)23(17)28(37)32(20,41)29(38)25(26(22)35)30(33)39/h5-10,13-14,17,20,22,34,36,38,41H,11-12H2,1-4H3,(H2,33,39)/t17-,20-,22-,32-/m0/s1. The number of carbonyl (C=O) groups excluding carboxylic acids is 4. The van der Waals surface area contributed by atoms with Crippen LogP contribution in [0.15, 0.2) is 53.3 Å². The molecular weight excluding hydrogens is 542 g/mol. The van der Waals surface area contributed by atoms with Crippen LogP contribution in [0.2, 0.25) is 0 Å². The van der Waals surface area contributed by atoms with Crippen LogP contribution in [0.3, 0.4) is 0 Å². The van der Waals surface area contributed by atoms with Crippen molar-refractivity contribution in [1.82, 2.24) is 0 Å². The number of esters is 1. The number of hydrogen-bond acceptors (Lipinski definition) is 9. The molecule has 0 unspecified atom stereocenters. The zero-order chi connectivity index (χ0) is 30.8. The Balaban J connectivity index is 1.68. The fourth-order valence-corrected chi connectivity index (χ4v) is 6.85. The lowest BCUT2D eigenvalue weighted by atomic mass is 9.54. The number of amides is 1. The van der Waals surface area contributed by atoms with E-state index in [1.807, 2.05) is 0 Å². The van der Waals surface area contributed by atoms with Gasteiger partial charge < -0.3 is 30.9 Å². The fraction of sp³-hybridized carbons (Fsp3) is 0.375. The Labute approximate surface area is 242 Å². The number of hydrogen-bond donors (Lipinski definition) is 5. The first-order valence-electron chi connectivity index (χ1n) is 13.8. The van der Waals surface area contributed by atoms with Crippen LogP contribution in [-0.4, -0.2) is 55.6 Å². The molecule has 2 aromatic rings. The molecule has 0 spiro atoms. The monoisotopic (exact) mass is 575 g/mol. The number of ketones is 2. The Morgan fingerprint density at radius 1 is 1.05 bits per heavy atom. The van der Waals surface area contributed by atoms with Gasteiger partial charge in [-0.2, -0.15) is 0 Å². The fourth-order valence-electron chi connectivity index (χ4n) is 6.85. The Morgan fingerprint density at radius 3 is 2.36 bits per heavy atom. The summed E-state index contributed by atoms with van der Waals surface area (Å²) < 4.78 is 5.32. The number of nitrogens with two attached hydrogens (primary N) is 1. The highest BCUT2D eigenvalue weighted by Crippen LogP contribution is 2.55. The van der Waals surface area contributed by atoms with Gasteiger partial charge in [-0.1, -0.05) is 32.0 Å². The van der Waals surface area contributed by atoms with Gasteiger partial charge >= 0.3 is 5.97 Å². The number of phenolic OH excluding ortho intramolecular Hbond substituents is 1. The van der Waals surface area contributed by atoms with E-state index in [1.54, 1.807) is 58.0 Å². The smallest absolute Gasteiger partial charge is 0.338 e. The Kier molecular flexibility index (Phi) is 7.01. The molecule has 10 nitrogen and oxygen atoms in total. The van der Waals surface area contributed by atoms with E-state index in [-0.39, 0.29) is 35.8 Å². The van der Waals surface area contributed by atoms with Gasteiger partial charge in [0.15, 0.2) is 11.4 Å². The summed E-state index contributed by atoms with van der Waals surface area (Å²) in [4.78, 5) is 52.0. The van der Waals surface area contributed by atoms with Gasteiger partial charge in [0.2, 0.25) is 5.78 Å².